The fourth-order valence-electron chi connectivity index (χ4n) is 3.35. The summed E-state index contributed by atoms with van der Waals surface area (Å²) >= 11 is 3.57. The lowest BCUT2D eigenvalue weighted by atomic mass is 10.1. The van der Waals surface area contributed by atoms with Crippen molar-refractivity contribution in [3.8, 4) is 0 Å². The quantitative estimate of drug-likeness (QED) is 0.647. The van der Waals surface area contributed by atoms with E-state index in [-0.39, 0.29) is 0 Å². The molecule has 1 N–H and O–H groups in total. The SMILES string of the molecule is Cc1nc(Nc2ccccc2Br)cc(N2c3ccccc3CC2C)n1. The molecular formula is C20H19BrN4. The molecule has 4 nitrogen and oxygen atoms in total. The van der Waals surface area contributed by atoms with Crippen LogP contribution in [-0.4, -0.2) is 16.0 Å². The normalized spacial score (nSPS) is 16.0. The van der Waals surface area contributed by atoms with Crippen molar-refractivity contribution in [2.24, 2.45) is 0 Å². The Balaban J connectivity index is 1.72. The Kier molecular flexibility index (Phi) is 4.17. The molecule has 1 atom stereocenters. The zero-order valence-corrected chi connectivity index (χ0v) is 15.8. The molecule has 126 valence electrons. The van der Waals surface area contributed by atoms with Crippen LogP contribution < -0.4 is 10.2 Å². The molecule has 0 bridgehead atoms. The molecule has 0 spiro atoms. The van der Waals surface area contributed by atoms with Gasteiger partial charge in [-0.25, -0.2) is 9.97 Å². The first kappa shape index (κ1) is 16.1. The molecule has 4 rings (SSSR count). The van der Waals surface area contributed by atoms with E-state index >= 15 is 0 Å². The molecular weight excluding hydrogens is 376 g/mol. The van der Waals surface area contributed by atoms with Crippen molar-refractivity contribution in [2.45, 2.75) is 26.3 Å². The number of anilines is 4. The molecule has 1 unspecified atom stereocenters. The first-order valence-electron chi connectivity index (χ1n) is 8.36. The fourth-order valence-corrected chi connectivity index (χ4v) is 3.74. The van der Waals surface area contributed by atoms with Gasteiger partial charge in [0, 0.05) is 22.3 Å². The first-order valence-corrected chi connectivity index (χ1v) is 9.15. The van der Waals surface area contributed by atoms with Crippen molar-refractivity contribution in [3.63, 3.8) is 0 Å². The van der Waals surface area contributed by atoms with Gasteiger partial charge in [0.2, 0.25) is 0 Å². The lowest BCUT2D eigenvalue weighted by molar-refractivity contribution is 0.747. The zero-order valence-electron chi connectivity index (χ0n) is 14.2. The topological polar surface area (TPSA) is 41.1 Å². The number of halogens is 1. The van der Waals surface area contributed by atoms with Gasteiger partial charge >= 0.3 is 0 Å². The number of aromatic nitrogens is 2. The van der Waals surface area contributed by atoms with Crippen LogP contribution in [0.5, 0.6) is 0 Å². The van der Waals surface area contributed by atoms with Crippen LogP contribution in [-0.2, 0) is 6.42 Å². The van der Waals surface area contributed by atoms with E-state index in [0.29, 0.717) is 6.04 Å². The number of benzene rings is 2. The number of fused-ring (bicyclic) bond motifs is 1. The minimum Gasteiger partial charge on any atom is -0.339 e. The van der Waals surface area contributed by atoms with Crippen molar-refractivity contribution in [2.75, 3.05) is 10.2 Å². The average Bonchev–Trinajstić information content (AvgIpc) is 2.92. The highest BCUT2D eigenvalue weighted by Gasteiger charge is 2.28. The number of hydrogen-bond acceptors (Lipinski definition) is 4. The lowest BCUT2D eigenvalue weighted by Gasteiger charge is -2.24. The van der Waals surface area contributed by atoms with Gasteiger partial charge in [0.15, 0.2) is 0 Å². The molecule has 0 amide bonds. The number of para-hydroxylation sites is 2. The number of rotatable bonds is 3. The summed E-state index contributed by atoms with van der Waals surface area (Å²) in [7, 11) is 0. The predicted molar refractivity (Wildman–Crippen MR) is 106 cm³/mol. The molecule has 5 heteroatoms. The van der Waals surface area contributed by atoms with Crippen molar-refractivity contribution < 1.29 is 0 Å². The number of nitrogens with zero attached hydrogens (tertiary/aromatic N) is 3. The molecule has 25 heavy (non-hydrogen) atoms. The summed E-state index contributed by atoms with van der Waals surface area (Å²) in [6, 6.07) is 19.0. The van der Waals surface area contributed by atoms with Crippen molar-refractivity contribution in [3.05, 3.63) is 70.5 Å². The van der Waals surface area contributed by atoms with E-state index in [0.717, 1.165) is 34.0 Å². The Morgan fingerprint density at radius 3 is 2.68 bits per heavy atom. The van der Waals surface area contributed by atoms with Crippen LogP contribution in [0.1, 0.15) is 18.3 Å². The van der Waals surface area contributed by atoms with E-state index in [1.54, 1.807) is 0 Å². The van der Waals surface area contributed by atoms with Crippen LogP contribution in [0.25, 0.3) is 0 Å². The summed E-state index contributed by atoms with van der Waals surface area (Å²) in [5.74, 6) is 2.48. The summed E-state index contributed by atoms with van der Waals surface area (Å²) in [5, 5.41) is 3.39. The molecule has 0 fully saturated rings. The summed E-state index contributed by atoms with van der Waals surface area (Å²) in [5.41, 5.74) is 3.59. The van der Waals surface area contributed by atoms with E-state index < -0.39 is 0 Å². The highest BCUT2D eigenvalue weighted by atomic mass is 79.9. The summed E-state index contributed by atoms with van der Waals surface area (Å²) in [4.78, 5) is 11.5. The van der Waals surface area contributed by atoms with Crippen LogP contribution in [0, 0.1) is 6.92 Å². The highest BCUT2D eigenvalue weighted by Crippen LogP contribution is 2.38. The molecule has 0 saturated carbocycles. The second-order valence-electron chi connectivity index (χ2n) is 6.32. The Morgan fingerprint density at radius 2 is 1.84 bits per heavy atom. The first-order chi connectivity index (χ1) is 12.1. The largest absolute Gasteiger partial charge is 0.339 e. The molecule has 2 heterocycles. The smallest absolute Gasteiger partial charge is 0.139 e. The molecule has 1 aliphatic rings. The van der Waals surface area contributed by atoms with Gasteiger partial charge in [-0.15, -0.1) is 0 Å². The van der Waals surface area contributed by atoms with Gasteiger partial charge in [0.25, 0.3) is 0 Å². The maximum atomic E-state index is 4.69. The predicted octanol–water partition coefficient (Wildman–Crippen LogP) is 5.37. The molecule has 1 aliphatic heterocycles. The van der Waals surface area contributed by atoms with Crippen LogP contribution in [0.3, 0.4) is 0 Å². The molecule has 2 aromatic carbocycles. The van der Waals surface area contributed by atoms with Crippen LogP contribution in [0.4, 0.5) is 23.0 Å². The van der Waals surface area contributed by atoms with E-state index in [1.807, 2.05) is 37.3 Å². The zero-order chi connectivity index (χ0) is 17.4. The summed E-state index contributed by atoms with van der Waals surface area (Å²) in [6.45, 7) is 4.17. The van der Waals surface area contributed by atoms with E-state index in [9.17, 15) is 0 Å². The van der Waals surface area contributed by atoms with Crippen LogP contribution >= 0.6 is 15.9 Å². The van der Waals surface area contributed by atoms with Gasteiger partial charge in [0.05, 0.1) is 5.69 Å². The van der Waals surface area contributed by atoms with E-state index in [1.165, 1.54) is 11.3 Å². The second-order valence-corrected chi connectivity index (χ2v) is 7.17. The van der Waals surface area contributed by atoms with Crippen molar-refractivity contribution in [1.29, 1.82) is 0 Å². The van der Waals surface area contributed by atoms with E-state index in [4.69, 9.17) is 4.98 Å². The van der Waals surface area contributed by atoms with Gasteiger partial charge in [-0.2, -0.15) is 0 Å². The molecule has 1 aromatic heterocycles. The summed E-state index contributed by atoms with van der Waals surface area (Å²) in [6.07, 6.45) is 1.03. The minimum absolute atomic E-state index is 0.378. The van der Waals surface area contributed by atoms with Gasteiger partial charge in [-0.1, -0.05) is 30.3 Å². The highest BCUT2D eigenvalue weighted by molar-refractivity contribution is 9.10. The monoisotopic (exact) mass is 394 g/mol. The standard InChI is InChI=1S/C20H19BrN4/c1-13-11-15-7-3-6-10-18(15)25(13)20-12-19(22-14(2)23-20)24-17-9-5-4-8-16(17)21/h3-10,12-13H,11H2,1-2H3,(H,22,23,24). The lowest BCUT2D eigenvalue weighted by Crippen LogP contribution is -2.25. The van der Waals surface area contributed by atoms with Crippen LogP contribution in [0.15, 0.2) is 59.1 Å². The Bertz CT molecular complexity index is 925. The van der Waals surface area contributed by atoms with Gasteiger partial charge in [-0.05, 0) is 60.0 Å². The third kappa shape index (κ3) is 3.12. The third-order valence-electron chi connectivity index (χ3n) is 4.42. The second kappa shape index (κ2) is 6.48. The Hall–Kier alpha value is -2.40. The van der Waals surface area contributed by atoms with Crippen molar-refractivity contribution >= 4 is 38.9 Å². The molecule has 3 aromatic rings. The Morgan fingerprint density at radius 1 is 1.08 bits per heavy atom. The molecule has 0 saturated heterocycles. The number of hydrogen-bond donors (Lipinski definition) is 1. The maximum Gasteiger partial charge on any atom is 0.139 e. The van der Waals surface area contributed by atoms with Crippen molar-refractivity contribution in [1.82, 2.24) is 9.97 Å². The van der Waals surface area contributed by atoms with E-state index in [2.05, 4.69) is 62.3 Å². The van der Waals surface area contributed by atoms with Gasteiger partial charge in [-0.3, -0.25) is 0 Å². The number of nitrogens with one attached hydrogen (secondary N) is 1. The third-order valence-corrected chi connectivity index (χ3v) is 5.11. The average molecular weight is 395 g/mol. The Labute approximate surface area is 156 Å². The fraction of sp³-hybridized carbons (Fsp3) is 0.200. The number of aryl methyl sites for hydroxylation is 1. The van der Waals surface area contributed by atoms with Crippen LogP contribution in [0.2, 0.25) is 0 Å². The summed E-state index contributed by atoms with van der Waals surface area (Å²) < 4.78 is 1.01. The molecule has 0 radical (unpaired) electrons. The minimum atomic E-state index is 0.378. The van der Waals surface area contributed by atoms with Gasteiger partial charge in [0.1, 0.15) is 17.5 Å². The maximum absolute atomic E-state index is 4.69. The molecule has 0 aliphatic carbocycles. The van der Waals surface area contributed by atoms with Gasteiger partial charge < -0.3 is 10.2 Å².